The first-order valence-corrected chi connectivity index (χ1v) is 7.56. The molecule has 1 rings (SSSR count). The van der Waals surface area contributed by atoms with Crippen molar-refractivity contribution >= 4 is 17.5 Å². The van der Waals surface area contributed by atoms with Crippen LogP contribution in [0.3, 0.4) is 0 Å². The molecule has 1 N–H and O–H groups in total. The summed E-state index contributed by atoms with van der Waals surface area (Å²) in [6, 6.07) is 10.5. The van der Waals surface area contributed by atoms with Crippen molar-refractivity contribution in [3.63, 3.8) is 0 Å². The lowest BCUT2D eigenvalue weighted by Crippen LogP contribution is -2.38. The maximum absolute atomic E-state index is 11.9. The third-order valence-corrected chi connectivity index (χ3v) is 3.50. The molecule has 0 aliphatic carbocycles. The Hall–Kier alpha value is -1.02. The number of carbonyl (C=O) groups is 1. The topological polar surface area (TPSA) is 29.1 Å². The second-order valence-corrected chi connectivity index (χ2v) is 5.61. The summed E-state index contributed by atoms with van der Waals surface area (Å²) in [5.74, 6) is 1.16. The van der Waals surface area contributed by atoms with E-state index in [2.05, 4.69) is 31.3 Å². The molecule has 0 saturated carbocycles. The predicted molar refractivity (Wildman–Crippen MR) is 81.5 cm³/mol. The number of halogens is 1. The summed E-state index contributed by atoms with van der Waals surface area (Å²) in [6.07, 6.45) is 3.27. The van der Waals surface area contributed by atoms with Crippen molar-refractivity contribution in [2.45, 2.75) is 45.6 Å². The van der Waals surface area contributed by atoms with Crippen LogP contribution in [0.25, 0.3) is 0 Å². The van der Waals surface area contributed by atoms with E-state index in [0.29, 0.717) is 18.2 Å². The van der Waals surface area contributed by atoms with Crippen LogP contribution in [0.2, 0.25) is 0 Å². The van der Waals surface area contributed by atoms with Crippen LogP contribution in [0, 0.1) is 5.92 Å². The quantitative estimate of drug-likeness (QED) is 0.722. The highest BCUT2D eigenvalue weighted by molar-refractivity contribution is 6.17. The van der Waals surface area contributed by atoms with Gasteiger partial charge in [0.15, 0.2) is 0 Å². The van der Waals surface area contributed by atoms with E-state index in [1.165, 1.54) is 5.56 Å². The molecule has 0 fully saturated rings. The molecule has 0 saturated heterocycles. The number of hydrogen-bond donors (Lipinski definition) is 1. The molecule has 0 aliphatic heterocycles. The van der Waals surface area contributed by atoms with Gasteiger partial charge in [-0.05, 0) is 30.7 Å². The number of carbonyl (C=O) groups excluding carboxylic acids is 1. The number of amides is 1. The van der Waals surface area contributed by atoms with Gasteiger partial charge in [-0.15, -0.1) is 11.6 Å². The summed E-state index contributed by atoms with van der Waals surface area (Å²) < 4.78 is 0. The highest BCUT2D eigenvalue weighted by atomic mass is 35.5. The van der Waals surface area contributed by atoms with E-state index >= 15 is 0 Å². The van der Waals surface area contributed by atoms with Gasteiger partial charge >= 0.3 is 0 Å². The maximum Gasteiger partial charge on any atom is 0.220 e. The molecule has 0 heterocycles. The van der Waals surface area contributed by atoms with Crippen molar-refractivity contribution < 1.29 is 4.79 Å². The van der Waals surface area contributed by atoms with Crippen molar-refractivity contribution in [1.29, 1.82) is 0 Å². The lowest BCUT2D eigenvalue weighted by atomic mass is 10.0. The van der Waals surface area contributed by atoms with E-state index in [-0.39, 0.29) is 11.9 Å². The fraction of sp³-hybridized carbons (Fsp3) is 0.562. The van der Waals surface area contributed by atoms with Crippen LogP contribution in [-0.4, -0.2) is 17.8 Å². The van der Waals surface area contributed by atoms with Gasteiger partial charge in [0.2, 0.25) is 5.91 Å². The fourth-order valence-corrected chi connectivity index (χ4v) is 2.30. The normalized spacial score (nSPS) is 12.4. The van der Waals surface area contributed by atoms with Crippen molar-refractivity contribution in [3.8, 4) is 0 Å². The van der Waals surface area contributed by atoms with E-state index in [9.17, 15) is 4.79 Å². The van der Waals surface area contributed by atoms with Gasteiger partial charge in [0.25, 0.3) is 0 Å². The molecule has 1 aromatic rings. The Labute approximate surface area is 121 Å². The molecule has 1 aromatic carbocycles. The van der Waals surface area contributed by atoms with Crippen LogP contribution in [0.4, 0.5) is 0 Å². The van der Waals surface area contributed by atoms with Crippen LogP contribution in [0.5, 0.6) is 0 Å². The van der Waals surface area contributed by atoms with Crippen LogP contribution in [0.15, 0.2) is 30.3 Å². The fourth-order valence-electron chi connectivity index (χ4n) is 2.07. The number of alkyl halides is 1. The third kappa shape index (κ3) is 6.63. The Bertz CT molecular complexity index is 364. The highest BCUT2D eigenvalue weighted by Crippen LogP contribution is 2.09. The molecule has 0 aliphatic rings. The van der Waals surface area contributed by atoms with Crippen molar-refractivity contribution in [3.05, 3.63) is 35.9 Å². The molecule has 0 spiro atoms. The van der Waals surface area contributed by atoms with Gasteiger partial charge in [0, 0.05) is 18.3 Å². The first kappa shape index (κ1) is 16.0. The second kappa shape index (κ2) is 8.98. The second-order valence-electron chi connectivity index (χ2n) is 5.23. The summed E-state index contributed by atoms with van der Waals surface area (Å²) in [5.41, 5.74) is 1.29. The van der Waals surface area contributed by atoms with Crippen molar-refractivity contribution in [1.82, 2.24) is 5.32 Å². The van der Waals surface area contributed by atoms with Gasteiger partial charge in [-0.1, -0.05) is 44.2 Å². The van der Waals surface area contributed by atoms with Gasteiger partial charge in [-0.2, -0.15) is 0 Å². The number of rotatable bonds is 8. The zero-order valence-corrected chi connectivity index (χ0v) is 12.6. The molecule has 0 radical (unpaired) electrons. The summed E-state index contributed by atoms with van der Waals surface area (Å²) in [5, 5.41) is 3.08. The lowest BCUT2D eigenvalue weighted by molar-refractivity contribution is -0.122. The molecule has 1 amide bonds. The molecule has 0 bridgehead atoms. The minimum Gasteiger partial charge on any atom is -0.353 e. The molecule has 1 atom stereocenters. The lowest BCUT2D eigenvalue weighted by Gasteiger charge is -2.21. The van der Waals surface area contributed by atoms with Crippen LogP contribution >= 0.6 is 11.6 Å². The zero-order valence-electron chi connectivity index (χ0n) is 11.9. The summed E-state index contributed by atoms with van der Waals surface area (Å²) >= 11 is 5.76. The van der Waals surface area contributed by atoms with E-state index in [4.69, 9.17) is 11.6 Å². The highest BCUT2D eigenvalue weighted by Gasteiger charge is 2.15. The molecule has 2 nitrogen and oxygen atoms in total. The van der Waals surface area contributed by atoms with Gasteiger partial charge in [0.05, 0.1) is 0 Å². The summed E-state index contributed by atoms with van der Waals surface area (Å²) in [6.45, 7) is 4.23. The number of aryl methyl sites for hydroxylation is 1. The summed E-state index contributed by atoms with van der Waals surface area (Å²) in [7, 11) is 0. The minimum atomic E-state index is 0.139. The molecule has 3 heteroatoms. The SMILES string of the molecule is CC(C)C(CCCl)NC(=O)CCCc1ccccc1. The molecule has 1 unspecified atom stereocenters. The third-order valence-electron chi connectivity index (χ3n) is 3.28. The standard InChI is InChI=1S/C16H24ClNO/c1-13(2)15(11-12-17)18-16(19)10-6-9-14-7-4-3-5-8-14/h3-5,7-8,13,15H,6,9-12H2,1-2H3,(H,18,19). The van der Waals surface area contributed by atoms with Crippen LogP contribution in [-0.2, 0) is 11.2 Å². The number of nitrogens with one attached hydrogen (secondary N) is 1. The Morgan fingerprint density at radius 1 is 1.26 bits per heavy atom. The van der Waals surface area contributed by atoms with E-state index in [1.54, 1.807) is 0 Å². The molecule has 19 heavy (non-hydrogen) atoms. The molecule has 106 valence electrons. The minimum absolute atomic E-state index is 0.139. The van der Waals surface area contributed by atoms with Gasteiger partial charge in [0.1, 0.15) is 0 Å². The largest absolute Gasteiger partial charge is 0.353 e. The van der Waals surface area contributed by atoms with Gasteiger partial charge < -0.3 is 5.32 Å². The van der Waals surface area contributed by atoms with E-state index in [1.807, 2.05) is 18.2 Å². The predicted octanol–water partition coefficient (Wildman–Crippen LogP) is 3.78. The monoisotopic (exact) mass is 281 g/mol. The maximum atomic E-state index is 11.9. The summed E-state index contributed by atoms with van der Waals surface area (Å²) in [4.78, 5) is 11.9. The molecular weight excluding hydrogens is 258 g/mol. The molecule has 0 aromatic heterocycles. The Morgan fingerprint density at radius 2 is 1.95 bits per heavy atom. The zero-order chi connectivity index (χ0) is 14.1. The van der Waals surface area contributed by atoms with Crippen LogP contribution in [0.1, 0.15) is 38.7 Å². The van der Waals surface area contributed by atoms with Gasteiger partial charge in [-0.25, -0.2) is 0 Å². The Balaban J connectivity index is 2.27. The Morgan fingerprint density at radius 3 is 2.53 bits per heavy atom. The molecular formula is C16H24ClNO. The average molecular weight is 282 g/mol. The smallest absolute Gasteiger partial charge is 0.220 e. The first-order valence-electron chi connectivity index (χ1n) is 7.02. The van der Waals surface area contributed by atoms with Gasteiger partial charge in [-0.3, -0.25) is 4.79 Å². The van der Waals surface area contributed by atoms with Crippen LogP contribution < -0.4 is 5.32 Å². The number of benzene rings is 1. The van der Waals surface area contributed by atoms with Crippen molar-refractivity contribution in [2.75, 3.05) is 5.88 Å². The first-order chi connectivity index (χ1) is 9.13. The van der Waals surface area contributed by atoms with E-state index in [0.717, 1.165) is 19.3 Å². The average Bonchev–Trinajstić information content (AvgIpc) is 2.39. The van der Waals surface area contributed by atoms with Crippen molar-refractivity contribution in [2.24, 2.45) is 5.92 Å². The number of hydrogen-bond acceptors (Lipinski definition) is 1. The Kier molecular flexibility index (Phi) is 7.57. The van der Waals surface area contributed by atoms with E-state index < -0.39 is 0 Å².